The normalized spacial score (nSPS) is 16.5. The first-order valence-corrected chi connectivity index (χ1v) is 11.4. The molecule has 1 fully saturated rings. The number of hydrogen-bond acceptors (Lipinski definition) is 4. The molecule has 1 saturated heterocycles. The summed E-state index contributed by atoms with van der Waals surface area (Å²) in [4.78, 5) is 37.7. The summed E-state index contributed by atoms with van der Waals surface area (Å²) in [6.07, 6.45) is 0.132. The van der Waals surface area contributed by atoms with Gasteiger partial charge in [0, 0.05) is 18.0 Å². The number of likely N-dealkylation sites (tertiary alicyclic amines) is 1. The topological polar surface area (TPSA) is 95.9 Å². The van der Waals surface area contributed by atoms with Crippen molar-refractivity contribution in [1.29, 1.82) is 0 Å². The quantitative estimate of drug-likeness (QED) is 0.550. The van der Waals surface area contributed by atoms with Crippen LogP contribution < -0.4 is 5.32 Å². The van der Waals surface area contributed by atoms with Crippen molar-refractivity contribution in [1.82, 2.24) is 4.90 Å². The Labute approximate surface area is 201 Å². The molecule has 7 nitrogen and oxygen atoms in total. The highest BCUT2D eigenvalue weighted by Gasteiger charge is 2.34. The van der Waals surface area contributed by atoms with Gasteiger partial charge in [0.1, 0.15) is 18.5 Å². The van der Waals surface area contributed by atoms with Crippen LogP contribution in [-0.2, 0) is 9.53 Å². The van der Waals surface area contributed by atoms with Crippen LogP contribution in [0.15, 0.2) is 66.7 Å². The molecule has 1 aliphatic carbocycles. The first-order chi connectivity index (χ1) is 16.9. The van der Waals surface area contributed by atoms with Crippen molar-refractivity contribution in [2.45, 2.75) is 24.8 Å². The molecular formula is C27H23FN2O5. The van der Waals surface area contributed by atoms with E-state index < -0.39 is 29.8 Å². The number of benzene rings is 3. The number of halogens is 1. The lowest BCUT2D eigenvalue weighted by molar-refractivity contribution is -0.141. The molecular weight excluding hydrogens is 451 g/mol. The number of nitrogens with zero attached hydrogens (tertiary/aromatic N) is 1. The zero-order valence-electron chi connectivity index (χ0n) is 18.7. The van der Waals surface area contributed by atoms with E-state index in [9.17, 15) is 23.9 Å². The number of hydrogen-bond donors (Lipinski definition) is 2. The second-order valence-corrected chi connectivity index (χ2v) is 8.64. The van der Waals surface area contributed by atoms with E-state index >= 15 is 0 Å². The van der Waals surface area contributed by atoms with Gasteiger partial charge in [0.25, 0.3) is 5.91 Å². The minimum atomic E-state index is -1.08. The van der Waals surface area contributed by atoms with Crippen molar-refractivity contribution >= 4 is 23.7 Å². The average Bonchev–Trinajstić information content (AvgIpc) is 3.47. The van der Waals surface area contributed by atoms with Crippen LogP contribution in [-0.4, -0.2) is 47.2 Å². The smallest absolute Gasteiger partial charge is 0.411 e. The van der Waals surface area contributed by atoms with Gasteiger partial charge in [0.2, 0.25) is 0 Å². The summed E-state index contributed by atoms with van der Waals surface area (Å²) in [5.74, 6) is -2.57. The summed E-state index contributed by atoms with van der Waals surface area (Å²) in [5.41, 5.74) is 4.23. The molecule has 2 N–H and O–H groups in total. The third-order valence-electron chi connectivity index (χ3n) is 6.60. The highest BCUT2D eigenvalue weighted by atomic mass is 19.1. The average molecular weight is 474 g/mol. The van der Waals surface area contributed by atoms with E-state index in [0.717, 1.165) is 28.3 Å². The Balaban J connectivity index is 1.25. The third-order valence-corrected chi connectivity index (χ3v) is 6.60. The standard InChI is InChI=1S/C27H23FN2O5/c28-22-14-16(25(31)30-13-5-10-24(30)26(32)33)11-12-23(22)29-27(34)35-15-21-19-8-3-1-6-17(19)18-7-2-4-9-20(18)21/h1-4,6-9,11-12,14,21,24H,5,10,13,15H2,(H,29,34)(H,32,33). The summed E-state index contributed by atoms with van der Waals surface area (Å²) in [6.45, 7) is 0.390. The molecule has 8 heteroatoms. The van der Waals surface area contributed by atoms with Crippen molar-refractivity contribution < 1.29 is 28.6 Å². The molecule has 178 valence electrons. The molecule has 1 aliphatic heterocycles. The maximum atomic E-state index is 14.7. The van der Waals surface area contributed by atoms with Crippen molar-refractivity contribution in [3.8, 4) is 11.1 Å². The highest BCUT2D eigenvalue weighted by Crippen LogP contribution is 2.44. The predicted octanol–water partition coefficient (Wildman–Crippen LogP) is 4.88. The summed E-state index contributed by atoms with van der Waals surface area (Å²) in [5, 5.41) is 11.7. The Morgan fingerprint density at radius 2 is 1.66 bits per heavy atom. The fraction of sp³-hybridized carbons (Fsp3) is 0.222. The van der Waals surface area contributed by atoms with E-state index in [2.05, 4.69) is 5.32 Å². The molecule has 0 spiro atoms. The van der Waals surface area contributed by atoms with Crippen molar-refractivity contribution in [2.75, 3.05) is 18.5 Å². The van der Waals surface area contributed by atoms with Crippen LogP contribution in [0.3, 0.4) is 0 Å². The van der Waals surface area contributed by atoms with Crippen LogP contribution in [0.2, 0.25) is 0 Å². The van der Waals surface area contributed by atoms with Gasteiger partial charge in [-0.15, -0.1) is 0 Å². The molecule has 0 radical (unpaired) electrons. The predicted molar refractivity (Wildman–Crippen MR) is 127 cm³/mol. The maximum absolute atomic E-state index is 14.7. The fourth-order valence-corrected chi connectivity index (χ4v) is 4.93. The summed E-state index contributed by atoms with van der Waals surface area (Å²) in [6, 6.07) is 18.6. The van der Waals surface area contributed by atoms with Gasteiger partial charge in [0.05, 0.1) is 5.69 Å². The number of rotatable bonds is 5. The number of ether oxygens (including phenoxy) is 1. The van der Waals surface area contributed by atoms with Crippen LogP contribution in [0.1, 0.15) is 40.2 Å². The lowest BCUT2D eigenvalue weighted by atomic mass is 9.98. The third kappa shape index (κ3) is 4.23. The number of aliphatic carboxylic acids is 1. The molecule has 5 rings (SSSR count). The van der Waals surface area contributed by atoms with Gasteiger partial charge in [-0.2, -0.15) is 0 Å². The number of carboxylic acids is 1. The van der Waals surface area contributed by atoms with E-state index in [1.807, 2.05) is 48.5 Å². The monoisotopic (exact) mass is 474 g/mol. The number of fused-ring (bicyclic) bond motifs is 3. The molecule has 3 aromatic rings. The maximum Gasteiger partial charge on any atom is 0.411 e. The van der Waals surface area contributed by atoms with Crippen LogP contribution >= 0.6 is 0 Å². The number of carboxylic acid groups (broad SMARTS) is 1. The number of carbonyl (C=O) groups is 3. The van der Waals surface area contributed by atoms with Gasteiger partial charge in [-0.1, -0.05) is 48.5 Å². The second kappa shape index (κ2) is 9.21. The van der Waals surface area contributed by atoms with Crippen LogP contribution in [0.25, 0.3) is 11.1 Å². The lowest BCUT2D eigenvalue weighted by Gasteiger charge is -2.21. The van der Waals surface area contributed by atoms with Gasteiger partial charge in [0.15, 0.2) is 0 Å². The molecule has 0 bridgehead atoms. The Bertz CT molecular complexity index is 1280. The molecule has 2 aliphatic rings. The van der Waals surface area contributed by atoms with Gasteiger partial charge in [-0.25, -0.2) is 14.0 Å². The van der Waals surface area contributed by atoms with E-state index in [0.29, 0.717) is 19.4 Å². The SMILES string of the molecule is O=C(Nc1ccc(C(=O)N2CCCC2C(=O)O)cc1F)OCC1c2ccccc2-c2ccccc21. The molecule has 1 heterocycles. The van der Waals surface area contributed by atoms with E-state index in [1.54, 1.807) is 0 Å². The van der Waals surface area contributed by atoms with E-state index in [4.69, 9.17) is 4.74 Å². The second-order valence-electron chi connectivity index (χ2n) is 8.64. The minimum absolute atomic E-state index is 0.0220. The Kier molecular flexibility index (Phi) is 5.94. The van der Waals surface area contributed by atoms with Crippen molar-refractivity contribution in [2.24, 2.45) is 0 Å². The fourth-order valence-electron chi connectivity index (χ4n) is 4.93. The first-order valence-electron chi connectivity index (χ1n) is 11.4. The van der Waals surface area contributed by atoms with Crippen molar-refractivity contribution in [3.63, 3.8) is 0 Å². The van der Waals surface area contributed by atoms with Gasteiger partial charge in [-0.3, -0.25) is 10.1 Å². The van der Waals surface area contributed by atoms with E-state index in [1.165, 1.54) is 17.0 Å². The molecule has 1 atom stereocenters. The Hall–Kier alpha value is -4.20. The summed E-state index contributed by atoms with van der Waals surface area (Å²) in [7, 11) is 0. The number of nitrogens with one attached hydrogen (secondary N) is 1. The largest absolute Gasteiger partial charge is 0.480 e. The molecule has 2 amide bonds. The highest BCUT2D eigenvalue weighted by molar-refractivity contribution is 5.97. The van der Waals surface area contributed by atoms with Crippen LogP contribution in [0.4, 0.5) is 14.9 Å². The Morgan fingerprint density at radius 1 is 1.00 bits per heavy atom. The van der Waals surface area contributed by atoms with Gasteiger partial charge < -0.3 is 14.7 Å². The first kappa shape index (κ1) is 22.6. The summed E-state index contributed by atoms with van der Waals surface area (Å²) >= 11 is 0. The van der Waals surface area contributed by atoms with Crippen LogP contribution in [0, 0.1) is 5.82 Å². The Morgan fingerprint density at radius 3 is 2.29 bits per heavy atom. The van der Waals surface area contributed by atoms with E-state index in [-0.39, 0.29) is 23.8 Å². The molecule has 0 saturated carbocycles. The van der Waals surface area contributed by atoms with Crippen LogP contribution in [0.5, 0.6) is 0 Å². The van der Waals surface area contributed by atoms with Crippen molar-refractivity contribution in [3.05, 3.63) is 89.2 Å². The zero-order chi connectivity index (χ0) is 24.5. The lowest BCUT2D eigenvalue weighted by Crippen LogP contribution is -2.40. The van der Waals surface area contributed by atoms with Gasteiger partial charge in [-0.05, 0) is 53.3 Å². The molecule has 3 aromatic carbocycles. The molecule has 0 aromatic heterocycles. The number of amides is 2. The summed E-state index contributed by atoms with van der Waals surface area (Å²) < 4.78 is 20.1. The number of anilines is 1. The zero-order valence-corrected chi connectivity index (χ0v) is 18.7. The number of carbonyl (C=O) groups excluding carboxylic acids is 2. The minimum Gasteiger partial charge on any atom is -0.480 e. The molecule has 1 unspecified atom stereocenters. The van der Waals surface area contributed by atoms with Gasteiger partial charge >= 0.3 is 12.1 Å². The molecule has 35 heavy (non-hydrogen) atoms.